The molecule has 0 spiro atoms. The van der Waals surface area contributed by atoms with Crippen molar-refractivity contribution in [3.05, 3.63) is 0 Å². The summed E-state index contributed by atoms with van der Waals surface area (Å²) in [6, 6.07) is 0. The Bertz CT molecular complexity index is 1200. The Balaban J connectivity index is 3.92. The van der Waals surface area contributed by atoms with Crippen molar-refractivity contribution in [3.63, 3.8) is 0 Å². The average molecular weight is 712 g/mol. The highest BCUT2D eigenvalue weighted by Crippen LogP contribution is 1.92. The van der Waals surface area contributed by atoms with Crippen LogP contribution in [0.4, 0.5) is 0 Å². The molecule has 0 aromatic rings. The van der Waals surface area contributed by atoms with Gasteiger partial charge in [-0.2, -0.15) is 0 Å². The van der Waals surface area contributed by atoms with Gasteiger partial charge in [0.1, 0.15) is 13.2 Å². The van der Waals surface area contributed by atoms with Crippen molar-refractivity contribution >= 4 is 65.7 Å². The number of ether oxygens (including phenoxy) is 11. The van der Waals surface area contributed by atoms with Crippen LogP contribution in [0.1, 0.15) is 13.8 Å². The van der Waals surface area contributed by atoms with Gasteiger partial charge in [-0.25, -0.2) is 43.2 Å². The zero-order valence-electron chi connectivity index (χ0n) is 26.2. The lowest BCUT2D eigenvalue weighted by atomic mass is 10.6. The van der Waals surface area contributed by atoms with Crippen molar-refractivity contribution in [2.24, 2.45) is 0 Å². The Kier molecular flexibility index (Phi) is 23.1. The predicted molar refractivity (Wildman–Crippen MR) is 145 cm³/mol. The minimum atomic E-state index is -1.24. The van der Waals surface area contributed by atoms with Crippen LogP contribution in [-0.2, 0) is 105 Å². The fraction of sp³-hybridized carbons (Fsp3) is 0.577. The van der Waals surface area contributed by atoms with Crippen LogP contribution < -0.4 is 5.32 Å². The average Bonchev–Trinajstić information content (AvgIpc) is 3.05. The lowest BCUT2D eigenvalue weighted by Gasteiger charge is -2.09. The summed E-state index contributed by atoms with van der Waals surface area (Å²) in [5, 5.41) is 2.82. The van der Waals surface area contributed by atoms with Crippen LogP contribution in [0.5, 0.6) is 0 Å². The first-order valence-electron chi connectivity index (χ1n) is 13.6. The summed E-state index contributed by atoms with van der Waals surface area (Å²) in [5.41, 5.74) is 0. The normalized spacial score (nSPS) is 9.84. The van der Waals surface area contributed by atoms with Crippen molar-refractivity contribution < 1.29 is 105 Å². The molecule has 0 fully saturated rings. The third-order valence-electron chi connectivity index (χ3n) is 4.33. The fourth-order valence-corrected chi connectivity index (χ4v) is 2.28. The Morgan fingerprint density at radius 3 is 0.755 bits per heavy atom. The number of carbonyl (C=O) groups excluding carboxylic acids is 11. The van der Waals surface area contributed by atoms with E-state index in [-0.39, 0.29) is 19.8 Å². The molecule has 0 aliphatic heterocycles. The van der Waals surface area contributed by atoms with Gasteiger partial charge in [0.05, 0.1) is 0 Å². The van der Waals surface area contributed by atoms with E-state index in [1.54, 1.807) is 0 Å². The highest BCUT2D eigenvalue weighted by molar-refractivity contribution is 5.84. The molecule has 274 valence electrons. The minimum absolute atomic E-state index is 0.0652. The van der Waals surface area contributed by atoms with Crippen molar-refractivity contribution in [1.29, 1.82) is 0 Å². The van der Waals surface area contributed by atoms with E-state index < -0.39 is 125 Å². The molecule has 0 rings (SSSR count). The SMILES string of the molecule is CC(=O)OCCNCCOC(=O)COC(=O)COC(=O)COC(=O)COC(=O)COC(=O)COC(=O)COC(=O)COC(=O)COC(C)=O. The maximum Gasteiger partial charge on any atom is 0.344 e. The molecule has 0 aromatic carbocycles. The summed E-state index contributed by atoms with van der Waals surface area (Å²) >= 11 is 0. The molecule has 0 unspecified atom stereocenters. The van der Waals surface area contributed by atoms with Crippen LogP contribution in [0.3, 0.4) is 0 Å². The van der Waals surface area contributed by atoms with Gasteiger partial charge in [0, 0.05) is 26.9 Å². The Morgan fingerprint density at radius 2 is 0.510 bits per heavy atom. The van der Waals surface area contributed by atoms with Gasteiger partial charge in [-0.05, 0) is 0 Å². The van der Waals surface area contributed by atoms with E-state index in [2.05, 4.69) is 52.7 Å². The number of carbonyl (C=O) groups is 11. The van der Waals surface area contributed by atoms with Gasteiger partial charge in [-0.1, -0.05) is 0 Å². The van der Waals surface area contributed by atoms with Crippen LogP contribution >= 0.6 is 0 Å². The molecule has 0 aromatic heterocycles. The van der Waals surface area contributed by atoms with Crippen LogP contribution in [0, 0.1) is 0 Å². The topological polar surface area (TPSA) is 301 Å². The second-order valence-corrected chi connectivity index (χ2v) is 8.38. The van der Waals surface area contributed by atoms with Gasteiger partial charge in [-0.15, -0.1) is 0 Å². The van der Waals surface area contributed by atoms with E-state index in [0.29, 0.717) is 6.54 Å². The third-order valence-corrected chi connectivity index (χ3v) is 4.33. The van der Waals surface area contributed by atoms with Gasteiger partial charge in [0.15, 0.2) is 59.5 Å². The molecule has 0 atom stereocenters. The molecule has 1 N–H and O–H groups in total. The number of esters is 11. The Morgan fingerprint density at radius 1 is 0.306 bits per heavy atom. The largest absolute Gasteiger partial charge is 0.465 e. The smallest absolute Gasteiger partial charge is 0.344 e. The highest BCUT2D eigenvalue weighted by atomic mass is 16.6. The van der Waals surface area contributed by atoms with Crippen LogP contribution in [0.25, 0.3) is 0 Å². The van der Waals surface area contributed by atoms with Gasteiger partial charge < -0.3 is 57.4 Å². The number of nitrogens with one attached hydrogen (secondary N) is 1. The molecule has 23 heteroatoms. The first-order valence-corrected chi connectivity index (χ1v) is 13.6. The van der Waals surface area contributed by atoms with E-state index in [9.17, 15) is 52.7 Å². The summed E-state index contributed by atoms with van der Waals surface area (Å²) in [4.78, 5) is 125. The maximum atomic E-state index is 11.6. The highest BCUT2D eigenvalue weighted by Gasteiger charge is 2.17. The fourth-order valence-electron chi connectivity index (χ4n) is 2.28. The predicted octanol–water partition coefficient (Wildman–Crippen LogP) is -4.41. The molecular formula is C26H33NO22. The Hall–Kier alpha value is -5.87. The molecule has 0 saturated heterocycles. The first kappa shape index (κ1) is 43.1. The molecule has 0 heterocycles. The molecule has 0 aliphatic carbocycles. The van der Waals surface area contributed by atoms with E-state index in [1.165, 1.54) is 6.92 Å². The molecule has 0 radical (unpaired) electrons. The molecule has 0 amide bonds. The second-order valence-electron chi connectivity index (χ2n) is 8.38. The summed E-state index contributed by atoms with van der Waals surface area (Å²) in [5.74, 6) is -11.5. The summed E-state index contributed by atoms with van der Waals surface area (Å²) in [6.07, 6.45) is 0. The Labute approximate surface area is 275 Å². The quantitative estimate of drug-likeness (QED) is 0.0561. The van der Waals surface area contributed by atoms with Crippen molar-refractivity contribution in [2.45, 2.75) is 13.8 Å². The third kappa shape index (κ3) is 28.1. The number of hydrogen-bond donors (Lipinski definition) is 1. The van der Waals surface area contributed by atoms with Crippen LogP contribution in [0.15, 0.2) is 0 Å². The standard InChI is InChI=1S/C26H33NO22/c1-16(28)39-5-3-27-4-6-40-18(30)8-42-20(32)10-44-22(34)12-46-24(36)14-48-26(38)15-49-25(37)13-47-23(35)11-45-21(33)9-43-19(31)7-41-17(2)29/h27H,3-15H2,1-2H3. The van der Waals surface area contributed by atoms with Gasteiger partial charge in [-0.3, -0.25) is 9.59 Å². The van der Waals surface area contributed by atoms with E-state index in [4.69, 9.17) is 4.74 Å². The van der Waals surface area contributed by atoms with Crippen molar-refractivity contribution in [2.75, 3.05) is 85.8 Å². The second kappa shape index (κ2) is 26.2. The molecule has 0 bridgehead atoms. The van der Waals surface area contributed by atoms with Crippen LogP contribution in [0.2, 0.25) is 0 Å². The zero-order chi connectivity index (χ0) is 37.0. The number of hydrogen-bond acceptors (Lipinski definition) is 23. The minimum Gasteiger partial charge on any atom is -0.465 e. The molecular weight excluding hydrogens is 678 g/mol. The van der Waals surface area contributed by atoms with E-state index in [1.807, 2.05) is 0 Å². The summed E-state index contributed by atoms with van der Waals surface area (Å²) < 4.78 is 49.4. The first-order chi connectivity index (χ1) is 23.2. The van der Waals surface area contributed by atoms with Gasteiger partial charge in [0.25, 0.3) is 0 Å². The zero-order valence-corrected chi connectivity index (χ0v) is 26.2. The molecule has 23 nitrogen and oxygen atoms in total. The lowest BCUT2D eigenvalue weighted by Crippen LogP contribution is -2.27. The monoisotopic (exact) mass is 711 g/mol. The summed E-state index contributed by atoms with van der Waals surface area (Å²) in [6.45, 7) is -5.44. The molecule has 0 aliphatic rings. The van der Waals surface area contributed by atoms with Crippen LogP contribution in [-0.4, -0.2) is 151 Å². The van der Waals surface area contributed by atoms with Crippen molar-refractivity contribution in [3.8, 4) is 0 Å². The van der Waals surface area contributed by atoms with Gasteiger partial charge in [0.2, 0.25) is 0 Å². The lowest BCUT2D eigenvalue weighted by molar-refractivity contribution is -0.173. The number of rotatable bonds is 24. The van der Waals surface area contributed by atoms with E-state index >= 15 is 0 Å². The van der Waals surface area contributed by atoms with E-state index in [0.717, 1.165) is 6.92 Å². The molecule has 0 saturated carbocycles. The van der Waals surface area contributed by atoms with Crippen molar-refractivity contribution in [1.82, 2.24) is 5.32 Å². The summed E-state index contributed by atoms with van der Waals surface area (Å²) in [7, 11) is 0. The van der Waals surface area contributed by atoms with Gasteiger partial charge >= 0.3 is 65.7 Å². The molecule has 49 heavy (non-hydrogen) atoms. The maximum absolute atomic E-state index is 11.6.